The molecular weight excluding hydrogens is 332 g/mol. The second kappa shape index (κ2) is 9.60. The molecule has 2 rings (SSSR count). The first-order chi connectivity index (χ1) is 12.5. The number of aliphatic hydroxyl groups excluding tert-OH is 1. The lowest BCUT2D eigenvalue weighted by molar-refractivity contribution is -0.384. The summed E-state index contributed by atoms with van der Waals surface area (Å²) in [4.78, 5) is 22.2. The first-order valence-electron chi connectivity index (χ1n) is 8.39. The minimum atomic E-state index is -0.647. The van der Waals surface area contributed by atoms with Crippen molar-refractivity contribution in [2.75, 3.05) is 6.54 Å². The van der Waals surface area contributed by atoms with Crippen LogP contribution in [-0.2, 0) is 4.79 Å². The van der Waals surface area contributed by atoms with Crippen molar-refractivity contribution in [3.63, 3.8) is 0 Å². The van der Waals surface area contributed by atoms with Crippen molar-refractivity contribution in [2.45, 2.75) is 25.5 Å². The number of nitro benzene ring substituents is 1. The van der Waals surface area contributed by atoms with E-state index in [1.165, 1.54) is 18.2 Å². The molecule has 0 fully saturated rings. The number of carbonyl (C=O) groups is 1. The quantitative estimate of drug-likeness (QED) is 0.409. The number of hydrogen-bond acceptors (Lipinski definition) is 5. The molecule has 0 bridgehead atoms. The summed E-state index contributed by atoms with van der Waals surface area (Å²) in [5.74, 6) is -0.0922. The minimum absolute atomic E-state index is 0.00927. The topological polar surface area (TPSA) is 92.5 Å². The van der Waals surface area contributed by atoms with Gasteiger partial charge in [0.25, 0.3) is 5.69 Å². The average Bonchev–Trinajstić information content (AvgIpc) is 2.66. The van der Waals surface area contributed by atoms with E-state index in [9.17, 15) is 20.0 Å². The van der Waals surface area contributed by atoms with Gasteiger partial charge in [0.05, 0.1) is 11.0 Å². The Bertz CT molecular complexity index is 774. The number of allylic oxidation sites excluding steroid dienone is 1. The Hall–Kier alpha value is -2.83. The van der Waals surface area contributed by atoms with Gasteiger partial charge in [-0.1, -0.05) is 48.5 Å². The SMILES string of the molecule is CC(NCCC(=O)/C=C/c1cccc([N+](=O)[O-])c1)C(O)c1ccccc1. The van der Waals surface area contributed by atoms with Crippen molar-refractivity contribution < 1.29 is 14.8 Å². The van der Waals surface area contributed by atoms with E-state index in [-0.39, 0.29) is 23.9 Å². The number of non-ortho nitro benzene ring substituents is 1. The molecule has 0 aliphatic rings. The van der Waals surface area contributed by atoms with Crippen LogP contribution < -0.4 is 5.32 Å². The van der Waals surface area contributed by atoms with Gasteiger partial charge in [-0.25, -0.2) is 0 Å². The molecule has 0 heterocycles. The van der Waals surface area contributed by atoms with Crippen molar-refractivity contribution in [1.82, 2.24) is 5.32 Å². The molecule has 2 N–H and O–H groups in total. The molecule has 2 atom stereocenters. The first kappa shape index (κ1) is 19.5. The highest BCUT2D eigenvalue weighted by molar-refractivity contribution is 5.93. The Morgan fingerprint density at radius 1 is 1.23 bits per heavy atom. The maximum atomic E-state index is 11.9. The molecule has 6 nitrogen and oxygen atoms in total. The van der Waals surface area contributed by atoms with E-state index in [2.05, 4.69) is 5.32 Å². The molecule has 0 aliphatic carbocycles. The summed E-state index contributed by atoms with van der Waals surface area (Å²) in [5, 5.41) is 24.1. The van der Waals surface area contributed by atoms with E-state index >= 15 is 0 Å². The fraction of sp³-hybridized carbons (Fsp3) is 0.250. The molecule has 0 spiro atoms. The highest BCUT2D eigenvalue weighted by Crippen LogP contribution is 2.16. The average molecular weight is 354 g/mol. The van der Waals surface area contributed by atoms with Crippen molar-refractivity contribution in [2.24, 2.45) is 0 Å². The lowest BCUT2D eigenvalue weighted by Gasteiger charge is -2.20. The molecule has 6 heteroatoms. The number of ketones is 1. The number of aliphatic hydroxyl groups is 1. The smallest absolute Gasteiger partial charge is 0.270 e. The van der Waals surface area contributed by atoms with E-state index in [0.717, 1.165) is 5.56 Å². The van der Waals surface area contributed by atoms with Gasteiger partial charge in [-0.3, -0.25) is 14.9 Å². The summed E-state index contributed by atoms with van der Waals surface area (Å²) in [6, 6.07) is 15.3. The standard InChI is InChI=1S/C20H22N2O4/c1-15(20(24)17-7-3-2-4-8-17)21-13-12-19(23)11-10-16-6-5-9-18(14-16)22(25)26/h2-11,14-15,20-21,24H,12-13H2,1H3/b11-10+. The summed E-state index contributed by atoms with van der Waals surface area (Å²) in [7, 11) is 0. The van der Waals surface area contributed by atoms with Crippen LogP contribution in [0.25, 0.3) is 6.08 Å². The van der Waals surface area contributed by atoms with Crippen molar-refractivity contribution in [3.8, 4) is 0 Å². The predicted octanol–water partition coefficient (Wildman–Crippen LogP) is 3.28. The minimum Gasteiger partial charge on any atom is -0.387 e. The third-order valence-electron chi connectivity index (χ3n) is 4.00. The largest absolute Gasteiger partial charge is 0.387 e. The van der Waals surface area contributed by atoms with Gasteiger partial charge in [0.15, 0.2) is 5.78 Å². The fourth-order valence-corrected chi connectivity index (χ4v) is 2.49. The van der Waals surface area contributed by atoms with E-state index in [4.69, 9.17) is 0 Å². The molecule has 26 heavy (non-hydrogen) atoms. The van der Waals surface area contributed by atoms with Crippen LogP contribution in [-0.4, -0.2) is 28.4 Å². The Morgan fingerprint density at radius 2 is 1.96 bits per heavy atom. The molecule has 2 aromatic carbocycles. The molecule has 0 aliphatic heterocycles. The van der Waals surface area contributed by atoms with Gasteiger partial charge in [-0.05, 0) is 24.1 Å². The van der Waals surface area contributed by atoms with Crippen LogP contribution >= 0.6 is 0 Å². The molecule has 0 saturated heterocycles. The number of carbonyl (C=O) groups excluding carboxylic acids is 1. The van der Waals surface area contributed by atoms with Crippen LogP contribution in [0.5, 0.6) is 0 Å². The Kier molecular flexibility index (Phi) is 7.20. The van der Waals surface area contributed by atoms with Gasteiger partial charge in [-0.2, -0.15) is 0 Å². The number of benzene rings is 2. The lowest BCUT2D eigenvalue weighted by atomic mass is 10.0. The lowest BCUT2D eigenvalue weighted by Crippen LogP contribution is -2.33. The van der Waals surface area contributed by atoms with E-state index in [1.807, 2.05) is 37.3 Å². The highest BCUT2D eigenvalue weighted by Gasteiger charge is 2.15. The zero-order valence-corrected chi connectivity index (χ0v) is 14.5. The summed E-state index contributed by atoms with van der Waals surface area (Å²) < 4.78 is 0. The van der Waals surface area contributed by atoms with Crippen molar-refractivity contribution in [3.05, 3.63) is 81.9 Å². The molecule has 136 valence electrons. The fourth-order valence-electron chi connectivity index (χ4n) is 2.49. The summed E-state index contributed by atoms with van der Waals surface area (Å²) >= 11 is 0. The van der Waals surface area contributed by atoms with Gasteiger partial charge in [0.1, 0.15) is 0 Å². The second-order valence-electron chi connectivity index (χ2n) is 6.00. The van der Waals surface area contributed by atoms with Crippen LogP contribution in [0, 0.1) is 10.1 Å². The summed E-state index contributed by atoms with van der Waals surface area (Å²) in [6.45, 7) is 2.30. The third-order valence-corrected chi connectivity index (χ3v) is 4.00. The maximum Gasteiger partial charge on any atom is 0.270 e. The predicted molar refractivity (Wildman–Crippen MR) is 101 cm³/mol. The number of nitrogens with zero attached hydrogens (tertiary/aromatic N) is 1. The molecule has 0 amide bonds. The number of hydrogen-bond donors (Lipinski definition) is 2. The Labute approximate surface area is 152 Å². The summed E-state index contributed by atoms with van der Waals surface area (Å²) in [6.07, 6.45) is 2.61. The van der Waals surface area contributed by atoms with Crippen LogP contribution in [0.3, 0.4) is 0 Å². The van der Waals surface area contributed by atoms with Gasteiger partial charge < -0.3 is 10.4 Å². The molecule has 0 aromatic heterocycles. The van der Waals surface area contributed by atoms with E-state index in [0.29, 0.717) is 12.1 Å². The Balaban J connectivity index is 1.80. The number of nitro groups is 1. The second-order valence-corrected chi connectivity index (χ2v) is 6.00. The molecule has 2 aromatic rings. The molecule has 2 unspecified atom stereocenters. The number of rotatable bonds is 9. The van der Waals surface area contributed by atoms with Crippen LogP contribution in [0.15, 0.2) is 60.7 Å². The molecule has 0 radical (unpaired) electrons. The highest BCUT2D eigenvalue weighted by atomic mass is 16.6. The van der Waals surface area contributed by atoms with Gasteiger partial charge in [0, 0.05) is 31.1 Å². The van der Waals surface area contributed by atoms with Crippen molar-refractivity contribution >= 4 is 17.5 Å². The Morgan fingerprint density at radius 3 is 2.65 bits per heavy atom. The van der Waals surface area contributed by atoms with Crippen LogP contribution in [0.2, 0.25) is 0 Å². The van der Waals surface area contributed by atoms with Crippen LogP contribution in [0.1, 0.15) is 30.6 Å². The van der Waals surface area contributed by atoms with Gasteiger partial charge in [-0.15, -0.1) is 0 Å². The zero-order chi connectivity index (χ0) is 18.9. The van der Waals surface area contributed by atoms with E-state index < -0.39 is 11.0 Å². The number of nitrogens with one attached hydrogen (secondary N) is 1. The summed E-state index contributed by atoms with van der Waals surface area (Å²) in [5.41, 5.74) is 1.42. The first-order valence-corrected chi connectivity index (χ1v) is 8.39. The zero-order valence-electron chi connectivity index (χ0n) is 14.5. The van der Waals surface area contributed by atoms with Gasteiger partial charge in [0.2, 0.25) is 0 Å². The monoisotopic (exact) mass is 354 g/mol. The maximum absolute atomic E-state index is 11.9. The third kappa shape index (κ3) is 5.91. The van der Waals surface area contributed by atoms with Gasteiger partial charge >= 0.3 is 0 Å². The van der Waals surface area contributed by atoms with Crippen molar-refractivity contribution in [1.29, 1.82) is 0 Å². The normalized spacial score (nSPS) is 13.5. The molecule has 0 saturated carbocycles. The van der Waals surface area contributed by atoms with E-state index in [1.54, 1.807) is 18.2 Å². The molecular formula is C20H22N2O4. The van der Waals surface area contributed by atoms with Crippen LogP contribution in [0.4, 0.5) is 5.69 Å².